The second-order valence-electron chi connectivity index (χ2n) is 6.90. The van der Waals surface area contributed by atoms with Crippen molar-refractivity contribution in [2.75, 3.05) is 0 Å². The largest absolute Gasteiger partial charge is 0.478 e. The third-order valence-electron chi connectivity index (χ3n) is 4.42. The number of hydrogen-bond acceptors (Lipinski definition) is 5. The van der Waals surface area contributed by atoms with Crippen LogP contribution >= 0.6 is 0 Å². The molecule has 0 spiro atoms. The SMILES string of the molecule is CCC(NCc1nc2ccccc2o1)c1ccc(OC(C)(C)C(=O)O)cc1. The number of rotatable bonds is 8. The van der Waals surface area contributed by atoms with Crippen molar-refractivity contribution in [2.24, 2.45) is 0 Å². The van der Waals surface area contributed by atoms with E-state index in [4.69, 9.17) is 14.3 Å². The molecule has 1 unspecified atom stereocenters. The molecule has 3 rings (SSSR count). The molecule has 3 aromatic rings. The molecule has 0 radical (unpaired) electrons. The second-order valence-corrected chi connectivity index (χ2v) is 6.90. The van der Waals surface area contributed by atoms with E-state index in [9.17, 15) is 4.79 Å². The fourth-order valence-electron chi connectivity index (χ4n) is 2.81. The molecule has 2 aromatic carbocycles. The van der Waals surface area contributed by atoms with Crippen LogP contribution in [0.3, 0.4) is 0 Å². The van der Waals surface area contributed by atoms with E-state index in [0.717, 1.165) is 23.1 Å². The van der Waals surface area contributed by atoms with Gasteiger partial charge in [-0.15, -0.1) is 0 Å². The zero-order valence-corrected chi connectivity index (χ0v) is 15.7. The van der Waals surface area contributed by atoms with Crippen molar-refractivity contribution in [1.29, 1.82) is 0 Å². The predicted octanol–water partition coefficient (Wildman–Crippen LogP) is 4.31. The smallest absolute Gasteiger partial charge is 0.347 e. The third kappa shape index (κ3) is 4.46. The fraction of sp³-hybridized carbons (Fsp3) is 0.333. The van der Waals surface area contributed by atoms with Gasteiger partial charge in [0.25, 0.3) is 0 Å². The Bertz CT molecular complexity index is 882. The molecule has 6 heteroatoms. The minimum atomic E-state index is -1.27. The molecule has 0 saturated carbocycles. The molecule has 0 amide bonds. The molecule has 0 fully saturated rings. The van der Waals surface area contributed by atoms with Crippen LogP contribution in [0.25, 0.3) is 11.1 Å². The highest BCUT2D eigenvalue weighted by atomic mass is 16.5. The van der Waals surface area contributed by atoms with Crippen LogP contribution in [0, 0.1) is 0 Å². The molecular weight excluding hydrogens is 344 g/mol. The average Bonchev–Trinajstić information content (AvgIpc) is 3.06. The van der Waals surface area contributed by atoms with Crippen LogP contribution < -0.4 is 10.1 Å². The Hall–Kier alpha value is -2.86. The molecule has 0 aliphatic heterocycles. The first-order valence-corrected chi connectivity index (χ1v) is 8.99. The number of aliphatic carboxylic acids is 1. The van der Waals surface area contributed by atoms with E-state index in [1.807, 2.05) is 36.4 Å². The molecule has 0 aliphatic rings. The number of aromatic nitrogens is 1. The van der Waals surface area contributed by atoms with Crippen LogP contribution in [0.5, 0.6) is 5.75 Å². The van der Waals surface area contributed by atoms with E-state index < -0.39 is 11.6 Å². The molecule has 142 valence electrons. The zero-order chi connectivity index (χ0) is 19.4. The fourth-order valence-corrected chi connectivity index (χ4v) is 2.81. The highest BCUT2D eigenvalue weighted by Crippen LogP contribution is 2.24. The summed E-state index contributed by atoms with van der Waals surface area (Å²) in [5, 5.41) is 12.6. The van der Waals surface area contributed by atoms with Crippen molar-refractivity contribution < 1.29 is 19.1 Å². The summed E-state index contributed by atoms with van der Waals surface area (Å²) in [6, 6.07) is 15.3. The van der Waals surface area contributed by atoms with Gasteiger partial charge in [0.2, 0.25) is 5.89 Å². The molecule has 6 nitrogen and oxygen atoms in total. The Morgan fingerprint density at radius 2 is 1.93 bits per heavy atom. The van der Waals surface area contributed by atoms with Gasteiger partial charge in [0.1, 0.15) is 11.3 Å². The molecule has 1 atom stereocenters. The van der Waals surface area contributed by atoms with E-state index in [1.54, 1.807) is 12.1 Å². The summed E-state index contributed by atoms with van der Waals surface area (Å²) >= 11 is 0. The number of carbonyl (C=O) groups is 1. The van der Waals surface area contributed by atoms with Crippen LogP contribution in [0.4, 0.5) is 0 Å². The van der Waals surface area contributed by atoms with Gasteiger partial charge in [0.15, 0.2) is 11.2 Å². The average molecular weight is 368 g/mol. The zero-order valence-electron chi connectivity index (χ0n) is 15.7. The van der Waals surface area contributed by atoms with Gasteiger partial charge in [0.05, 0.1) is 6.54 Å². The van der Waals surface area contributed by atoms with Crippen LogP contribution in [0.15, 0.2) is 52.9 Å². The van der Waals surface area contributed by atoms with Crippen molar-refractivity contribution >= 4 is 17.1 Å². The normalized spacial score (nSPS) is 12.9. The Morgan fingerprint density at radius 1 is 1.22 bits per heavy atom. The Balaban J connectivity index is 1.65. The first kappa shape index (κ1) is 18.9. The van der Waals surface area contributed by atoms with Gasteiger partial charge in [-0.25, -0.2) is 9.78 Å². The first-order chi connectivity index (χ1) is 12.9. The topological polar surface area (TPSA) is 84.6 Å². The first-order valence-electron chi connectivity index (χ1n) is 8.99. The van der Waals surface area contributed by atoms with Crippen molar-refractivity contribution in [3.8, 4) is 5.75 Å². The summed E-state index contributed by atoms with van der Waals surface area (Å²) < 4.78 is 11.3. The lowest BCUT2D eigenvalue weighted by Gasteiger charge is -2.22. The van der Waals surface area contributed by atoms with E-state index in [2.05, 4.69) is 17.2 Å². The van der Waals surface area contributed by atoms with Gasteiger partial charge >= 0.3 is 5.97 Å². The van der Waals surface area contributed by atoms with Gasteiger partial charge < -0.3 is 19.6 Å². The maximum atomic E-state index is 11.2. The predicted molar refractivity (Wildman–Crippen MR) is 103 cm³/mol. The van der Waals surface area contributed by atoms with Gasteiger partial charge in [-0.05, 0) is 50.1 Å². The monoisotopic (exact) mass is 368 g/mol. The number of carboxylic acids is 1. The van der Waals surface area contributed by atoms with E-state index in [-0.39, 0.29) is 6.04 Å². The number of para-hydroxylation sites is 2. The highest BCUT2D eigenvalue weighted by Gasteiger charge is 2.29. The Kier molecular flexibility index (Phi) is 5.46. The molecule has 0 bridgehead atoms. The van der Waals surface area contributed by atoms with Gasteiger partial charge in [0, 0.05) is 6.04 Å². The lowest BCUT2D eigenvalue weighted by Crippen LogP contribution is -2.37. The number of nitrogens with one attached hydrogen (secondary N) is 1. The minimum Gasteiger partial charge on any atom is -0.478 e. The van der Waals surface area contributed by atoms with Crippen LogP contribution in [0.1, 0.15) is 44.7 Å². The molecule has 0 saturated heterocycles. The lowest BCUT2D eigenvalue weighted by molar-refractivity contribution is -0.152. The van der Waals surface area contributed by atoms with E-state index >= 15 is 0 Å². The molecule has 0 aliphatic carbocycles. The Labute approximate surface area is 158 Å². The summed E-state index contributed by atoms with van der Waals surface area (Å²) in [5.41, 5.74) is 1.46. The maximum Gasteiger partial charge on any atom is 0.347 e. The van der Waals surface area contributed by atoms with Gasteiger partial charge in [-0.2, -0.15) is 0 Å². The van der Waals surface area contributed by atoms with Gasteiger partial charge in [-0.3, -0.25) is 0 Å². The summed E-state index contributed by atoms with van der Waals surface area (Å²) in [4.78, 5) is 15.7. The number of hydrogen-bond donors (Lipinski definition) is 2. The maximum absolute atomic E-state index is 11.2. The summed E-state index contributed by atoms with van der Waals surface area (Å²) in [6.07, 6.45) is 0.890. The van der Waals surface area contributed by atoms with E-state index in [0.29, 0.717) is 18.2 Å². The van der Waals surface area contributed by atoms with Crippen LogP contribution in [0.2, 0.25) is 0 Å². The van der Waals surface area contributed by atoms with Crippen molar-refractivity contribution in [3.63, 3.8) is 0 Å². The lowest BCUT2D eigenvalue weighted by atomic mass is 10.0. The number of benzene rings is 2. The van der Waals surface area contributed by atoms with Crippen molar-refractivity contribution in [2.45, 2.75) is 45.4 Å². The second kappa shape index (κ2) is 7.80. The molecule has 27 heavy (non-hydrogen) atoms. The highest BCUT2D eigenvalue weighted by molar-refractivity contribution is 5.76. The van der Waals surface area contributed by atoms with E-state index in [1.165, 1.54) is 13.8 Å². The quantitative estimate of drug-likeness (QED) is 0.616. The molecule has 2 N–H and O–H groups in total. The number of nitrogens with zero attached hydrogens (tertiary/aromatic N) is 1. The Morgan fingerprint density at radius 3 is 2.56 bits per heavy atom. The number of ether oxygens (including phenoxy) is 1. The summed E-state index contributed by atoms with van der Waals surface area (Å²) in [6.45, 7) is 5.68. The number of oxazole rings is 1. The van der Waals surface area contributed by atoms with Crippen LogP contribution in [-0.4, -0.2) is 21.7 Å². The third-order valence-corrected chi connectivity index (χ3v) is 4.42. The molecule has 1 aromatic heterocycles. The summed E-state index contributed by atoms with van der Waals surface area (Å²) in [7, 11) is 0. The van der Waals surface area contributed by atoms with Crippen molar-refractivity contribution in [3.05, 3.63) is 60.0 Å². The minimum absolute atomic E-state index is 0.126. The number of carboxylic acid groups (broad SMARTS) is 1. The molecule has 1 heterocycles. The number of fused-ring (bicyclic) bond motifs is 1. The molecular formula is C21H24N2O4. The van der Waals surface area contributed by atoms with Crippen LogP contribution in [-0.2, 0) is 11.3 Å². The van der Waals surface area contributed by atoms with Crippen molar-refractivity contribution in [1.82, 2.24) is 10.3 Å². The summed E-state index contributed by atoms with van der Waals surface area (Å²) in [5.74, 6) is 0.177. The standard InChI is InChI=1S/C21H24N2O4/c1-4-16(22-13-19-23-17-7-5-6-8-18(17)26-19)14-9-11-15(12-10-14)27-21(2,3)20(24)25/h5-12,16,22H,4,13H2,1-3H3,(H,24,25). The van der Waals surface area contributed by atoms with Gasteiger partial charge in [-0.1, -0.05) is 31.2 Å².